The number of rotatable bonds is 2. The zero-order valence-corrected chi connectivity index (χ0v) is 9.11. The van der Waals surface area contributed by atoms with E-state index in [0.717, 1.165) is 17.5 Å². The van der Waals surface area contributed by atoms with Crippen molar-refractivity contribution in [1.82, 2.24) is 9.97 Å². The van der Waals surface area contributed by atoms with Gasteiger partial charge in [0.25, 0.3) is 0 Å². The summed E-state index contributed by atoms with van der Waals surface area (Å²) in [5.41, 5.74) is 5.05. The summed E-state index contributed by atoms with van der Waals surface area (Å²) in [6, 6.07) is 6.45. The third kappa shape index (κ3) is 1.78. The minimum Gasteiger partial charge on any atom is -0.345 e. The molecule has 0 fully saturated rings. The number of aromatic nitrogens is 2. The van der Waals surface area contributed by atoms with Gasteiger partial charge in [0.05, 0.1) is 17.4 Å². The van der Waals surface area contributed by atoms with Crippen LogP contribution in [-0.2, 0) is 6.42 Å². The largest absolute Gasteiger partial charge is 0.345 e. The lowest BCUT2D eigenvalue weighted by Crippen LogP contribution is -1.93. The zero-order chi connectivity index (χ0) is 10.8. The van der Waals surface area contributed by atoms with E-state index in [1.165, 1.54) is 24.0 Å². The molecule has 0 amide bonds. The Bertz CT molecular complexity index is 561. The van der Waals surface area contributed by atoms with Gasteiger partial charge in [-0.05, 0) is 37.0 Å². The second-order valence-corrected chi connectivity index (χ2v) is 4.22. The highest BCUT2D eigenvalue weighted by Gasteiger charge is 2.03. The minimum atomic E-state index is 1.04. The summed E-state index contributed by atoms with van der Waals surface area (Å²) in [6.07, 6.45) is 11.8. The van der Waals surface area contributed by atoms with Gasteiger partial charge < -0.3 is 4.98 Å². The maximum absolute atomic E-state index is 4.23. The fourth-order valence-electron chi connectivity index (χ4n) is 2.15. The molecule has 3 rings (SSSR count). The Morgan fingerprint density at radius 1 is 1.31 bits per heavy atom. The Hall–Kier alpha value is -1.83. The fraction of sp³-hybridized carbons (Fsp3) is 0.214. The molecular weight excluding hydrogens is 196 g/mol. The van der Waals surface area contributed by atoms with Crippen LogP contribution in [0.5, 0.6) is 0 Å². The molecular formula is C14H14N2. The summed E-state index contributed by atoms with van der Waals surface area (Å²) in [5, 5.41) is 0. The van der Waals surface area contributed by atoms with Crippen molar-refractivity contribution in [2.75, 3.05) is 0 Å². The van der Waals surface area contributed by atoms with Crippen molar-refractivity contribution < 1.29 is 0 Å². The Balaban J connectivity index is 1.88. The van der Waals surface area contributed by atoms with Crippen LogP contribution in [0.25, 0.3) is 11.0 Å². The van der Waals surface area contributed by atoms with Gasteiger partial charge in [0.2, 0.25) is 0 Å². The SMILES string of the molecule is C1=CCCC(Cc2ccc3nc[nH]c3c2)=C1. The van der Waals surface area contributed by atoms with Crippen molar-refractivity contribution in [1.29, 1.82) is 0 Å². The standard InChI is InChI=1S/C14H14N2/c1-2-4-11(5-3-1)8-12-6-7-13-14(9-12)16-10-15-13/h1-2,4,6-7,9-10H,3,5,8H2,(H,15,16). The summed E-state index contributed by atoms with van der Waals surface area (Å²) < 4.78 is 0. The molecule has 0 atom stereocenters. The van der Waals surface area contributed by atoms with Crippen LogP contribution >= 0.6 is 0 Å². The monoisotopic (exact) mass is 210 g/mol. The van der Waals surface area contributed by atoms with Gasteiger partial charge in [-0.25, -0.2) is 4.98 Å². The van der Waals surface area contributed by atoms with E-state index in [4.69, 9.17) is 0 Å². The lowest BCUT2D eigenvalue weighted by Gasteiger charge is -2.08. The van der Waals surface area contributed by atoms with Gasteiger partial charge in [0, 0.05) is 0 Å². The highest BCUT2D eigenvalue weighted by molar-refractivity contribution is 5.75. The van der Waals surface area contributed by atoms with Crippen molar-refractivity contribution in [3.8, 4) is 0 Å². The number of nitrogens with zero attached hydrogens (tertiary/aromatic N) is 1. The van der Waals surface area contributed by atoms with E-state index in [1.807, 2.05) is 0 Å². The third-order valence-electron chi connectivity index (χ3n) is 3.02. The van der Waals surface area contributed by atoms with Gasteiger partial charge in [-0.2, -0.15) is 0 Å². The van der Waals surface area contributed by atoms with E-state index in [1.54, 1.807) is 6.33 Å². The Kier molecular flexibility index (Phi) is 2.33. The summed E-state index contributed by atoms with van der Waals surface area (Å²) in [4.78, 5) is 7.38. The van der Waals surface area contributed by atoms with Crippen molar-refractivity contribution in [3.63, 3.8) is 0 Å². The van der Waals surface area contributed by atoms with Gasteiger partial charge in [0.15, 0.2) is 0 Å². The number of fused-ring (bicyclic) bond motifs is 1. The molecule has 1 heterocycles. The van der Waals surface area contributed by atoms with Crippen molar-refractivity contribution in [2.24, 2.45) is 0 Å². The van der Waals surface area contributed by atoms with E-state index >= 15 is 0 Å². The summed E-state index contributed by atoms with van der Waals surface area (Å²) >= 11 is 0. The molecule has 2 heteroatoms. The normalized spacial score (nSPS) is 15.4. The van der Waals surface area contributed by atoms with E-state index in [-0.39, 0.29) is 0 Å². The summed E-state index contributed by atoms with van der Waals surface area (Å²) in [6.45, 7) is 0. The van der Waals surface area contributed by atoms with E-state index in [2.05, 4.69) is 46.4 Å². The van der Waals surface area contributed by atoms with E-state index < -0.39 is 0 Å². The maximum Gasteiger partial charge on any atom is 0.0931 e. The maximum atomic E-state index is 4.23. The number of H-pyrrole nitrogens is 1. The minimum absolute atomic E-state index is 1.04. The molecule has 80 valence electrons. The molecule has 16 heavy (non-hydrogen) atoms. The molecule has 2 nitrogen and oxygen atoms in total. The first kappa shape index (κ1) is 9.40. The summed E-state index contributed by atoms with van der Waals surface area (Å²) in [7, 11) is 0. The van der Waals surface area contributed by atoms with Crippen LogP contribution in [0.4, 0.5) is 0 Å². The van der Waals surface area contributed by atoms with Crippen molar-refractivity contribution in [3.05, 3.63) is 53.9 Å². The van der Waals surface area contributed by atoms with Crippen LogP contribution in [0.3, 0.4) is 0 Å². The Morgan fingerprint density at radius 2 is 2.31 bits per heavy atom. The number of hydrogen-bond acceptors (Lipinski definition) is 1. The van der Waals surface area contributed by atoms with Crippen LogP contribution < -0.4 is 0 Å². The topological polar surface area (TPSA) is 28.7 Å². The smallest absolute Gasteiger partial charge is 0.0931 e. The van der Waals surface area contributed by atoms with E-state index in [9.17, 15) is 0 Å². The average Bonchev–Trinajstić information content (AvgIpc) is 2.77. The highest BCUT2D eigenvalue weighted by Crippen LogP contribution is 2.19. The van der Waals surface area contributed by atoms with Gasteiger partial charge in [-0.3, -0.25) is 0 Å². The molecule has 0 saturated carbocycles. The first-order valence-electron chi connectivity index (χ1n) is 5.68. The molecule has 0 unspecified atom stereocenters. The molecule has 1 aliphatic rings. The first-order chi connectivity index (χ1) is 7.92. The van der Waals surface area contributed by atoms with Gasteiger partial charge >= 0.3 is 0 Å². The van der Waals surface area contributed by atoms with Gasteiger partial charge in [-0.1, -0.05) is 29.9 Å². The molecule has 0 saturated heterocycles. The summed E-state index contributed by atoms with van der Waals surface area (Å²) in [5.74, 6) is 0. The van der Waals surface area contributed by atoms with Crippen molar-refractivity contribution >= 4 is 11.0 Å². The van der Waals surface area contributed by atoms with Crippen LogP contribution in [0.2, 0.25) is 0 Å². The molecule has 1 N–H and O–H groups in total. The molecule has 0 spiro atoms. The van der Waals surface area contributed by atoms with Crippen LogP contribution in [-0.4, -0.2) is 9.97 Å². The van der Waals surface area contributed by atoms with E-state index in [0.29, 0.717) is 0 Å². The Morgan fingerprint density at radius 3 is 3.19 bits per heavy atom. The Labute approximate surface area is 94.7 Å². The number of aromatic amines is 1. The number of hydrogen-bond donors (Lipinski definition) is 1. The predicted octanol–water partition coefficient (Wildman–Crippen LogP) is 3.38. The first-order valence-corrected chi connectivity index (χ1v) is 5.68. The van der Waals surface area contributed by atoms with Crippen LogP contribution in [0.1, 0.15) is 18.4 Å². The molecule has 1 aromatic heterocycles. The second-order valence-electron chi connectivity index (χ2n) is 4.22. The predicted molar refractivity (Wildman–Crippen MR) is 66.3 cm³/mol. The molecule has 1 aliphatic carbocycles. The lowest BCUT2D eigenvalue weighted by molar-refractivity contribution is 0.912. The molecule has 0 radical (unpaired) electrons. The molecule has 0 aliphatic heterocycles. The van der Waals surface area contributed by atoms with Crippen molar-refractivity contribution in [2.45, 2.75) is 19.3 Å². The number of allylic oxidation sites excluding steroid dienone is 4. The lowest BCUT2D eigenvalue weighted by atomic mass is 9.97. The average molecular weight is 210 g/mol. The number of nitrogens with one attached hydrogen (secondary N) is 1. The molecule has 0 bridgehead atoms. The second kappa shape index (κ2) is 3.97. The van der Waals surface area contributed by atoms with Crippen LogP contribution in [0, 0.1) is 0 Å². The number of imidazole rings is 1. The quantitative estimate of drug-likeness (QED) is 0.808. The molecule has 2 aromatic rings. The third-order valence-corrected chi connectivity index (χ3v) is 3.02. The van der Waals surface area contributed by atoms with Gasteiger partial charge in [0.1, 0.15) is 0 Å². The van der Waals surface area contributed by atoms with Crippen LogP contribution in [0.15, 0.2) is 48.3 Å². The highest BCUT2D eigenvalue weighted by atomic mass is 14.9. The fourth-order valence-corrected chi connectivity index (χ4v) is 2.15. The number of benzene rings is 1. The molecule has 1 aromatic carbocycles. The van der Waals surface area contributed by atoms with Gasteiger partial charge in [-0.15, -0.1) is 0 Å². The zero-order valence-electron chi connectivity index (χ0n) is 9.11.